The zero-order valence-electron chi connectivity index (χ0n) is 47.1. The molecule has 2 fully saturated rings. The Morgan fingerprint density at radius 1 is 0.905 bits per heavy atom. The number of aldehydes is 1. The van der Waals surface area contributed by atoms with Crippen LogP contribution in [0.1, 0.15) is 92.6 Å². The van der Waals surface area contributed by atoms with Crippen LogP contribution < -0.4 is 37.5 Å². The highest BCUT2D eigenvalue weighted by molar-refractivity contribution is 5.98. The van der Waals surface area contributed by atoms with Gasteiger partial charge in [-0.25, -0.2) is 27.7 Å². The molecule has 9 N–H and O–H groups in total. The minimum Gasteiger partial charge on any atom is -0.494 e. The fourth-order valence-corrected chi connectivity index (χ4v) is 10.2. The monoisotopic (exact) mass is 1170 g/mol. The highest BCUT2D eigenvalue weighted by Gasteiger charge is 2.44. The number of carbonyl (C=O) groups excluding carboxylic acids is 7. The molecule has 3 heterocycles. The molecule has 7 amide bonds. The van der Waals surface area contributed by atoms with Crippen LogP contribution in [0, 0.1) is 29.4 Å². The summed E-state index contributed by atoms with van der Waals surface area (Å²) in [5.74, 6) is -4.66. The van der Waals surface area contributed by atoms with Crippen LogP contribution in [0.3, 0.4) is 0 Å². The van der Waals surface area contributed by atoms with Gasteiger partial charge in [-0.15, -0.1) is 0 Å². The van der Waals surface area contributed by atoms with E-state index in [1.54, 1.807) is 54.9 Å². The fourth-order valence-electron chi connectivity index (χ4n) is 10.2. The first-order valence-electron chi connectivity index (χ1n) is 28.0. The smallest absolute Gasteiger partial charge is 0.410 e. The van der Waals surface area contributed by atoms with Crippen LogP contribution >= 0.6 is 0 Å². The van der Waals surface area contributed by atoms with Crippen molar-refractivity contribution in [3.8, 4) is 17.0 Å². The molecule has 21 nitrogen and oxygen atoms in total. The van der Waals surface area contributed by atoms with Crippen molar-refractivity contribution in [2.24, 2.45) is 23.5 Å². The third kappa shape index (κ3) is 17.5. The molecule has 24 heteroatoms. The number of anilines is 2. The molecular weight excluding hydrogens is 1090 g/mol. The van der Waals surface area contributed by atoms with E-state index in [0.717, 1.165) is 23.8 Å². The number of carbonyl (C=O) groups is 7. The number of likely N-dealkylation sites (tertiary alicyclic amines) is 1. The Bertz CT molecular complexity index is 3070. The number of halogens is 3. The van der Waals surface area contributed by atoms with Gasteiger partial charge in [0.15, 0.2) is 6.29 Å². The van der Waals surface area contributed by atoms with E-state index in [1.165, 1.54) is 28.9 Å². The molecule has 7 rings (SSSR count). The minimum absolute atomic E-state index is 0.0131. The topological polar surface area (TPSA) is 292 Å². The molecule has 2 aliphatic rings. The standard InChI is InChI=1S/C60H73F3N10O11/c1-36(2)53(70-52(76)12-8-24-83-45-19-15-41(34-74)49(64)28-45)57(78)69-50(11-7-23-66-59(65)80)56(77)67-44-17-13-39(14-18-44)35-84-60(81)72-30-42(48(63)32-72)31-73(58(79)37(3)75)54(40-21-25-82-26-22-40)55-68-51(46-27-43(61)16-20-47(46)62)33-71(55)29-38-9-5-4-6-10-38/h4-6,9-10,13-20,27-28,33-34,36-37,40,42,48,50,53-54,75H,7-8,11-12,21-26,29-32,35,64H2,1-3H3,(H,67,77)(H,69,78)(H,70,76)(H3,65,66,80). The lowest BCUT2D eigenvalue weighted by Gasteiger charge is -2.40. The Labute approximate surface area is 484 Å². The number of urea groups is 1. The Morgan fingerprint density at radius 2 is 1.64 bits per heavy atom. The molecule has 0 radical (unpaired) electrons. The zero-order valence-corrected chi connectivity index (χ0v) is 47.1. The summed E-state index contributed by atoms with van der Waals surface area (Å²) < 4.78 is 65.1. The second kappa shape index (κ2) is 30.2. The number of amides is 7. The summed E-state index contributed by atoms with van der Waals surface area (Å²) in [4.78, 5) is 98.4. The Hall–Kier alpha value is -8.51. The maximum absolute atomic E-state index is 16.3. The first-order valence-corrected chi connectivity index (χ1v) is 28.0. The van der Waals surface area contributed by atoms with Crippen LogP contribution in [0.2, 0.25) is 0 Å². The van der Waals surface area contributed by atoms with Gasteiger partial charge >= 0.3 is 12.1 Å². The van der Waals surface area contributed by atoms with Gasteiger partial charge in [0.1, 0.15) is 54.2 Å². The van der Waals surface area contributed by atoms with Gasteiger partial charge in [-0.1, -0.05) is 56.3 Å². The predicted octanol–water partition coefficient (Wildman–Crippen LogP) is 6.43. The number of nitrogens with one attached hydrogen (secondary N) is 4. The number of hydrogen-bond donors (Lipinski definition) is 7. The lowest BCUT2D eigenvalue weighted by Crippen LogP contribution is -2.54. The van der Waals surface area contributed by atoms with Gasteiger partial charge in [-0.05, 0) is 104 Å². The second-order valence-corrected chi connectivity index (χ2v) is 21.3. The van der Waals surface area contributed by atoms with Crippen LogP contribution in [0.25, 0.3) is 11.3 Å². The second-order valence-electron chi connectivity index (χ2n) is 21.3. The highest BCUT2D eigenvalue weighted by atomic mass is 19.1. The summed E-state index contributed by atoms with van der Waals surface area (Å²) in [6, 6.07) is 19.5. The molecule has 0 aliphatic carbocycles. The number of aliphatic hydroxyl groups is 1. The predicted molar refractivity (Wildman–Crippen MR) is 305 cm³/mol. The van der Waals surface area contributed by atoms with E-state index in [4.69, 9.17) is 30.7 Å². The summed E-state index contributed by atoms with van der Waals surface area (Å²) in [7, 11) is 0. The van der Waals surface area contributed by atoms with E-state index >= 15 is 8.78 Å². The largest absolute Gasteiger partial charge is 0.494 e. The average molecular weight is 1170 g/mol. The van der Waals surface area contributed by atoms with Crippen LogP contribution in [0.15, 0.2) is 97.2 Å². The minimum atomic E-state index is -1.62. The lowest BCUT2D eigenvalue weighted by atomic mass is 9.88. The van der Waals surface area contributed by atoms with E-state index in [9.17, 15) is 43.1 Å². The summed E-state index contributed by atoms with van der Waals surface area (Å²) >= 11 is 0. The van der Waals surface area contributed by atoms with Gasteiger partial charge in [0, 0.05) is 86.5 Å². The molecule has 84 heavy (non-hydrogen) atoms. The van der Waals surface area contributed by atoms with Gasteiger partial charge < -0.3 is 66.4 Å². The number of benzene rings is 4. The van der Waals surface area contributed by atoms with Crippen LogP contribution in [-0.2, 0) is 41.8 Å². The van der Waals surface area contributed by atoms with Gasteiger partial charge in [-0.3, -0.25) is 24.0 Å². The molecule has 6 unspecified atom stereocenters. The van der Waals surface area contributed by atoms with Gasteiger partial charge in [0.25, 0.3) is 5.91 Å². The zero-order chi connectivity index (χ0) is 60.5. The quantitative estimate of drug-likeness (QED) is 0.0170. The van der Waals surface area contributed by atoms with E-state index in [2.05, 4.69) is 21.3 Å². The van der Waals surface area contributed by atoms with E-state index in [-0.39, 0.29) is 94.0 Å². The molecule has 0 bridgehead atoms. The Balaban J connectivity index is 0.979. The summed E-state index contributed by atoms with van der Waals surface area (Å²) in [5.41, 5.74) is 13.3. The number of hydrogen-bond acceptors (Lipinski definition) is 13. The molecule has 1 aromatic heterocycles. The molecular formula is C60H73F3N10O11. The molecule has 2 aliphatic heterocycles. The molecule has 0 spiro atoms. The third-order valence-electron chi connectivity index (χ3n) is 14.7. The van der Waals surface area contributed by atoms with Gasteiger partial charge in [-0.2, -0.15) is 0 Å². The number of nitrogen functional groups attached to an aromatic ring is 1. The van der Waals surface area contributed by atoms with E-state index in [1.807, 2.05) is 30.3 Å². The maximum atomic E-state index is 16.3. The van der Waals surface area contributed by atoms with Crippen molar-refractivity contribution >= 4 is 53.4 Å². The Morgan fingerprint density at radius 3 is 2.32 bits per heavy atom. The van der Waals surface area contributed by atoms with Crippen molar-refractivity contribution in [2.45, 2.75) is 103 Å². The first-order chi connectivity index (χ1) is 40.3. The average Bonchev–Trinajstić information content (AvgIpc) is 3.40. The molecule has 2 saturated heterocycles. The Kier molecular flexibility index (Phi) is 22.6. The molecule has 5 aromatic rings. The molecule has 4 aromatic carbocycles. The van der Waals surface area contributed by atoms with Crippen molar-refractivity contribution in [3.05, 3.63) is 131 Å². The number of nitrogens with two attached hydrogens (primary N) is 2. The van der Waals surface area contributed by atoms with Gasteiger partial charge in [0.2, 0.25) is 17.7 Å². The van der Waals surface area contributed by atoms with Crippen LogP contribution in [-0.4, -0.2) is 137 Å². The van der Waals surface area contributed by atoms with E-state index in [0.29, 0.717) is 67.2 Å². The van der Waals surface area contributed by atoms with Crippen molar-refractivity contribution in [2.75, 3.05) is 57.1 Å². The number of nitrogens with zero attached hydrogens (tertiary/aromatic N) is 4. The molecule has 6 atom stereocenters. The van der Waals surface area contributed by atoms with Crippen molar-refractivity contribution in [1.82, 2.24) is 35.3 Å². The van der Waals surface area contributed by atoms with Crippen LogP contribution in [0.5, 0.6) is 5.75 Å². The van der Waals surface area contributed by atoms with Crippen molar-refractivity contribution < 1.29 is 66.1 Å². The lowest BCUT2D eigenvalue weighted by molar-refractivity contribution is -0.145. The number of alkyl halides is 1. The van der Waals surface area contributed by atoms with Crippen molar-refractivity contribution in [1.29, 1.82) is 0 Å². The highest BCUT2D eigenvalue weighted by Crippen LogP contribution is 2.39. The fraction of sp³-hybridized carbons (Fsp3) is 0.433. The number of aromatic nitrogens is 2. The molecule has 450 valence electrons. The number of aliphatic hydroxyl groups excluding tert-OH is 1. The number of rotatable bonds is 27. The maximum Gasteiger partial charge on any atom is 0.410 e. The summed E-state index contributed by atoms with van der Waals surface area (Å²) in [6.07, 6.45) is -0.205. The summed E-state index contributed by atoms with van der Waals surface area (Å²) in [6.45, 7) is 4.97. The van der Waals surface area contributed by atoms with Crippen LogP contribution in [0.4, 0.5) is 34.1 Å². The SMILES string of the molecule is CC(O)C(=O)N(CC1CN(C(=O)OCc2ccc(NC(=O)C(CCCNC(N)=O)NC(=O)C(NC(=O)CCCOc3ccc(C=O)c(N)c3)C(C)C)cc2)CC1F)C(c1nc(-c2cc(F)ccc2F)cn1Cc1ccccc1)C1CCOCC1. The number of primary amides is 1. The number of ether oxygens (including phenoxy) is 3. The summed E-state index contributed by atoms with van der Waals surface area (Å²) in [5, 5.41) is 21.6. The van der Waals surface area contributed by atoms with Crippen molar-refractivity contribution in [3.63, 3.8) is 0 Å². The van der Waals surface area contributed by atoms with E-state index < -0.39 is 83.7 Å². The molecule has 0 saturated carbocycles. The first kappa shape index (κ1) is 63.1. The normalized spacial score (nSPS) is 16.6. The third-order valence-corrected chi connectivity index (χ3v) is 14.7. The number of imidazole rings is 1. The van der Waals surface area contributed by atoms with Gasteiger partial charge in [0.05, 0.1) is 24.9 Å².